The molecule has 0 unspecified atom stereocenters. The number of carbonyl (C=O) groups is 1. The number of nitrogens with zero attached hydrogens (tertiary/aromatic N) is 3. The van der Waals surface area contributed by atoms with Crippen LogP contribution in [0.4, 0.5) is 5.69 Å². The van der Waals surface area contributed by atoms with Crippen LogP contribution >= 0.6 is 15.9 Å². The lowest BCUT2D eigenvalue weighted by Gasteiger charge is -2.14. The Labute approximate surface area is 188 Å². The highest BCUT2D eigenvalue weighted by atomic mass is 79.9. The van der Waals surface area contributed by atoms with E-state index in [-0.39, 0.29) is 17.5 Å². The van der Waals surface area contributed by atoms with Crippen molar-refractivity contribution in [3.63, 3.8) is 0 Å². The number of para-hydroxylation sites is 2. The number of phenolic OH excluding ortho intramolecular Hbond substituents is 1. The number of nitro groups is 1. The molecular weight excluding hydrogens is 480 g/mol. The van der Waals surface area contributed by atoms with Crippen LogP contribution in [0.15, 0.2) is 75.0 Å². The van der Waals surface area contributed by atoms with Crippen molar-refractivity contribution in [3.05, 3.63) is 91.0 Å². The Kier molecular flexibility index (Phi) is 5.69. The Morgan fingerprint density at radius 1 is 1.12 bits per heavy atom. The number of nitrogens with one attached hydrogen (secondary N) is 1. The predicted octanol–water partition coefficient (Wildman–Crippen LogP) is 3.68. The number of carbonyl (C=O) groups excluding carboxylic acids is 1. The van der Waals surface area contributed by atoms with Crippen LogP contribution in [0.5, 0.6) is 5.75 Å². The fourth-order valence-corrected chi connectivity index (χ4v) is 3.91. The van der Waals surface area contributed by atoms with E-state index < -0.39 is 22.3 Å². The summed E-state index contributed by atoms with van der Waals surface area (Å²) >= 11 is 3.14. The zero-order valence-electron chi connectivity index (χ0n) is 16.4. The molecule has 0 saturated carbocycles. The van der Waals surface area contributed by atoms with Gasteiger partial charge in [-0.2, -0.15) is 5.10 Å². The third kappa shape index (κ3) is 3.95. The van der Waals surface area contributed by atoms with Crippen LogP contribution in [-0.4, -0.2) is 26.7 Å². The molecule has 0 radical (unpaired) electrons. The predicted molar refractivity (Wildman–Crippen MR) is 124 cm³/mol. The molecule has 4 aromatic rings. The summed E-state index contributed by atoms with van der Waals surface area (Å²) in [5.74, 6) is -1.04. The van der Waals surface area contributed by atoms with Gasteiger partial charge in [-0.1, -0.05) is 40.2 Å². The summed E-state index contributed by atoms with van der Waals surface area (Å²) in [6.45, 7) is -0.122. The maximum Gasteiger partial charge on any atom is 0.312 e. The molecule has 32 heavy (non-hydrogen) atoms. The number of benzene rings is 3. The van der Waals surface area contributed by atoms with E-state index in [0.717, 1.165) is 12.3 Å². The molecule has 0 saturated heterocycles. The zero-order valence-corrected chi connectivity index (χ0v) is 17.9. The standard InChI is InChI=1S/C22H15BrN4O5/c23-14-9-13(21(29)19(10-14)27(31)32)11-24-25-20(28)12-26-17-7-3-1-5-15(17)22(30)16-6-2-4-8-18(16)26/h1-11,29H,12H2,(H,25,28)/b24-11-. The molecule has 0 aliphatic heterocycles. The van der Waals surface area contributed by atoms with Crippen molar-refractivity contribution >= 4 is 55.5 Å². The summed E-state index contributed by atoms with van der Waals surface area (Å²) in [4.78, 5) is 35.7. The van der Waals surface area contributed by atoms with Gasteiger partial charge in [0.1, 0.15) is 6.54 Å². The van der Waals surface area contributed by atoms with Crippen molar-refractivity contribution in [1.29, 1.82) is 0 Å². The first-order chi connectivity index (χ1) is 15.4. The molecule has 0 fully saturated rings. The van der Waals surface area contributed by atoms with Crippen molar-refractivity contribution in [1.82, 2.24) is 9.99 Å². The van der Waals surface area contributed by atoms with Crippen molar-refractivity contribution in [2.45, 2.75) is 6.54 Å². The van der Waals surface area contributed by atoms with Crippen LogP contribution in [0.25, 0.3) is 21.8 Å². The molecule has 1 heterocycles. The molecule has 2 N–H and O–H groups in total. The fraction of sp³-hybridized carbons (Fsp3) is 0.0455. The van der Waals surface area contributed by atoms with Crippen molar-refractivity contribution in [2.75, 3.05) is 0 Å². The third-order valence-corrected chi connectivity index (χ3v) is 5.31. The molecule has 0 atom stereocenters. The highest BCUT2D eigenvalue weighted by Crippen LogP contribution is 2.32. The summed E-state index contributed by atoms with van der Waals surface area (Å²) in [6.07, 6.45) is 1.12. The largest absolute Gasteiger partial charge is 0.502 e. The third-order valence-electron chi connectivity index (χ3n) is 4.85. The SMILES string of the molecule is O=C(Cn1c2ccccc2c(=O)c2ccccc21)N/N=C\c1cc(Br)cc([N+](=O)[O-])c1O. The van der Waals surface area contributed by atoms with Gasteiger partial charge in [-0.3, -0.25) is 19.7 Å². The summed E-state index contributed by atoms with van der Waals surface area (Å²) in [5, 5.41) is 25.9. The van der Waals surface area contributed by atoms with E-state index in [9.17, 15) is 24.8 Å². The van der Waals surface area contributed by atoms with Crippen LogP contribution in [0.2, 0.25) is 0 Å². The summed E-state index contributed by atoms with van der Waals surface area (Å²) < 4.78 is 2.10. The van der Waals surface area contributed by atoms with Crippen molar-refractivity contribution in [3.8, 4) is 5.75 Å². The maximum atomic E-state index is 12.8. The first-order valence-electron chi connectivity index (χ1n) is 9.36. The van der Waals surface area contributed by atoms with Gasteiger partial charge in [0.05, 0.1) is 22.2 Å². The molecule has 0 bridgehead atoms. The molecule has 0 aliphatic rings. The van der Waals surface area contributed by atoms with Gasteiger partial charge < -0.3 is 9.67 Å². The monoisotopic (exact) mass is 494 g/mol. The summed E-state index contributed by atoms with van der Waals surface area (Å²) in [6, 6.07) is 16.6. The first-order valence-corrected chi connectivity index (χ1v) is 10.1. The van der Waals surface area contributed by atoms with Crippen LogP contribution in [-0.2, 0) is 11.3 Å². The number of hydrogen-bond donors (Lipinski definition) is 2. The lowest BCUT2D eigenvalue weighted by atomic mass is 10.1. The molecule has 4 rings (SSSR count). The normalized spacial score (nSPS) is 11.3. The summed E-state index contributed by atoms with van der Waals surface area (Å²) in [5.41, 5.74) is 3.03. The van der Waals surface area contributed by atoms with E-state index in [1.807, 2.05) is 0 Å². The van der Waals surface area contributed by atoms with E-state index in [1.165, 1.54) is 6.07 Å². The molecule has 1 aromatic heterocycles. The number of hydrazone groups is 1. The Morgan fingerprint density at radius 2 is 1.72 bits per heavy atom. The van der Waals surface area contributed by atoms with Crippen LogP contribution in [0.1, 0.15) is 5.56 Å². The number of aromatic hydroxyl groups is 1. The Hall–Kier alpha value is -4.05. The van der Waals surface area contributed by atoms with Gasteiger partial charge >= 0.3 is 5.69 Å². The van der Waals surface area contributed by atoms with Crippen LogP contribution in [0, 0.1) is 10.1 Å². The number of nitro benzene ring substituents is 1. The number of fused-ring (bicyclic) bond motifs is 2. The van der Waals surface area contributed by atoms with Crippen LogP contribution < -0.4 is 10.9 Å². The number of amides is 1. The first kappa shape index (κ1) is 21.2. The van der Waals surface area contributed by atoms with Gasteiger partial charge in [-0.15, -0.1) is 0 Å². The lowest BCUT2D eigenvalue weighted by Crippen LogP contribution is -2.25. The van der Waals surface area contributed by atoms with Crippen LogP contribution in [0.3, 0.4) is 0 Å². The maximum absolute atomic E-state index is 12.8. The highest BCUT2D eigenvalue weighted by molar-refractivity contribution is 9.10. The number of aromatic nitrogens is 1. The van der Waals surface area contributed by atoms with E-state index in [1.54, 1.807) is 53.1 Å². The Morgan fingerprint density at radius 3 is 2.31 bits per heavy atom. The Balaban J connectivity index is 1.64. The minimum Gasteiger partial charge on any atom is -0.502 e. The zero-order chi connectivity index (χ0) is 22.8. The van der Waals surface area contributed by atoms with Gasteiger partial charge in [-0.05, 0) is 30.3 Å². The molecule has 3 aromatic carbocycles. The number of pyridine rings is 1. The average Bonchev–Trinajstić information content (AvgIpc) is 2.78. The molecule has 160 valence electrons. The molecular formula is C22H15BrN4O5. The quantitative estimate of drug-likeness (QED) is 0.189. The van der Waals surface area contributed by atoms with Gasteiger partial charge in [0.2, 0.25) is 5.75 Å². The Bertz CT molecular complexity index is 1420. The second-order valence-electron chi connectivity index (χ2n) is 6.86. The van der Waals surface area contributed by atoms with Gasteiger partial charge in [0, 0.05) is 26.9 Å². The van der Waals surface area contributed by atoms with Gasteiger partial charge in [0.15, 0.2) is 5.43 Å². The number of halogens is 1. The fourth-order valence-electron chi connectivity index (χ4n) is 3.44. The minimum absolute atomic E-state index is 0.0608. The molecule has 0 aliphatic carbocycles. The average molecular weight is 495 g/mol. The van der Waals surface area contributed by atoms with Gasteiger partial charge in [-0.25, -0.2) is 5.43 Å². The smallest absolute Gasteiger partial charge is 0.312 e. The molecule has 10 heteroatoms. The van der Waals surface area contributed by atoms with Crippen molar-refractivity contribution in [2.24, 2.45) is 5.10 Å². The van der Waals surface area contributed by atoms with E-state index in [0.29, 0.717) is 26.3 Å². The number of hydrogen-bond acceptors (Lipinski definition) is 6. The van der Waals surface area contributed by atoms with E-state index in [2.05, 4.69) is 26.5 Å². The minimum atomic E-state index is -0.720. The second-order valence-corrected chi connectivity index (χ2v) is 7.78. The molecule has 0 spiro atoms. The van der Waals surface area contributed by atoms with Crippen molar-refractivity contribution < 1.29 is 14.8 Å². The molecule has 1 amide bonds. The van der Waals surface area contributed by atoms with Gasteiger partial charge in [0.25, 0.3) is 5.91 Å². The van der Waals surface area contributed by atoms with E-state index in [4.69, 9.17) is 0 Å². The topological polar surface area (TPSA) is 127 Å². The number of rotatable bonds is 5. The highest BCUT2D eigenvalue weighted by Gasteiger charge is 2.18. The lowest BCUT2D eigenvalue weighted by molar-refractivity contribution is -0.385. The summed E-state index contributed by atoms with van der Waals surface area (Å²) in [7, 11) is 0. The van der Waals surface area contributed by atoms with E-state index >= 15 is 0 Å². The second kappa shape index (κ2) is 8.60. The number of phenols is 1. The molecule has 9 nitrogen and oxygen atoms in total.